The highest BCUT2D eigenvalue weighted by Gasteiger charge is 2.43. The van der Waals surface area contributed by atoms with Crippen molar-refractivity contribution in [2.45, 2.75) is 54.5 Å². The molecule has 1 spiro atoms. The van der Waals surface area contributed by atoms with Crippen LogP contribution < -0.4 is 14.8 Å². The molecule has 0 saturated heterocycles. The summed E-state index contributed by atoms with van der Waals surface area (Å²) in [5, 5.41) is 10.6. The van der Waals surface area contributed by atoms with Crippen molar-refractivity contribution in [1.29, 1.82) is 0 Å². The lowest BCUT2D eigenvalue weighted by Crippen LogP contribution is -2.46. The molecule has 11 heteroatoms. The van der Waals surface area contributed by atoms with E-state index in [4.69, 9.17) is 16.3 Å². The fraction of sp³-hybridized carbons (Fsp3) is 0.348. The molecule has 1 fully saturated rings. The number of carbonyl (C=O) groups excluding carboxylic acids is 1. The van der Waals surface area contributed by atoms with Gasteiger partial charge in [-0.15, -0.1) is 10.2 Å². The first-order valence-electron chi connectivity index (χ1n) is 11.0. The Morgan fingerprint density at radius 3 is 2.59 bits per heavy atom. The van der Waals surface area contributed by atoms with Crippen molar-refractivity contribution >= 4 is 44.0 Å². The monoisotopic (exact) mass is 518 g/mol. The Kier molecular flexibility index (Phi) is 6.32. The van der Waals surface area contributed by atoms with E-state index in [2.05, 4.69) is 20.2 Å². The number of para-hydroxylation sites is 1. The fourth-order valence-electron chi connectivity index (χ4n) is 4.64. The summed E-state index contributed by atoms with van der Waals surface area (Å²) in [4.78, 5) is 12.5. The number of benzene rings is 2. The first kappa shape index (κ1) is 23.2. The number of halogens is 1. The fourth-order valence-corrected chi connectivity index (χ4v) is 6.99. The van der Waals surface area contributed by atoms with E-state index in [9.17, 15) is 13.2 Å². The minimum atomic E-state index is -3.98. The van der Waals surface area contributed by atoms with Gasteiger partial charge in [-0.3, -0.25) is 10.1 Å². The van der Waals surface area contributed by atoms with Crippen LogP contribution in [0.4, 0.5) is 5.13 Å². The Morgan fingerprint density at radius 1 is 1.06 bits per heavy atom. The SMILES string of the molecule is O=C(Nc1nnc(S(=O)(=O)N[C@@H]2CC3(CCCCC3)Oc3ccccc32)s1)c1ccccc1Cl. The maximum absolute atomic E-state index is 13.2. The van der Waals surface area contributed by atoms with Gasteiger partial charge in [0.2, 0.25) is 9.47 Å². The van der Waals surface area contributed by atoms with Gasteiger partial charge >= 0.3 is 0 Å². The van der Waals surface area contributed by atoms with Gasteiger partial charge in [0.15, 0.2) is 0 Å². The van der Waals surface area contributed by atoms with Crippen LogP contribution in [0.2, 0.25) is 5.02 Å². The Balaban J connectivity index is 1.36. The predicted octanol–water partition coefficient (Wildman–Crippen LogP) is 4.95. The quantitative estimate of drug-likeness (QED) is 0.462. The molecule has 0 radical (unpaired) electrons. The summed E-state index contributed by atoms with van der Waals surface area (Å²) in [6, 6.07) is 13.7. The van der Waals surface area contributed by atoms with Gasteiger partial charge in [-0.1, -0.05) is 59.7 Å². The number of rotatable bonds is 5. The summed E-state index contributed by atoms with van der Waals surface area (Å²) < 4.78 is 35.4. The molecule has 3 aromatic rings. The Labute approximate surface area is 206 Å². The minimum Gasteiger partial charge on any atom is -0.487 e. The first-order chi connectivity index (χ1) is 16.4. The number of sulfonamides is 1. The van der Waals surface area contributed by atoms with Gasteiger partial charge in [-0.25, -0.2) is 13.1 Å². The second-order valence-corrected chi connectivity index (χ2v) is 11.8. The van der Waals surface area contributed by atoms with Crippen LogP contribution in [0.25, 0.3) is 0 Å². The predicted molar refractivity (Wildman–Crippen MR) is 130 cm³/mol. The number of nitrogens with one attached hydrogen (secondary N) is 2. The van der Waals surface area contributed by atoms with E-state index in [-0.39, 0.29) is 25.7 Å². The number of hydrogen-bond acceptors (Lipinski definition) is 7. The van der Waals surface area contributed by atoms with Crippen molar-refractivity contribution in [3.8, 4) is 5.75 Å². The summed E-state index contributed by atoms with van der Waals surface area (Å²) in [6.45, 7) is 0. The molecular weight excluding hydrogens is 496 g/mol. The van der Waals surface area contributed by atoms with E-state index in [0.29, 0.717) is 12.2 Å². The number of ether oxygens (including phenoxy) is 1. The molecule has 0 bridgehead atoms. The number of anilines is 1. The average Bonchev–Trinajstić information content (AvgIpc) is 3.29. The van der Waals surface area contributed by atoms with Crippen LogP contribution in [-0.4, -0.2) is 30.1 Å². The molecule has 0 unspecified atom stereocenters. The lowest BCUT2D eigenvalue weighted by atomic mass is 9.77. The first-order valence-corrected chi connectivity index (χ1v) is 13.7. The van der Waals surface area contributed by atoms with Gasteiger partial charge in [-0.05, 0) is 43.9 Å². The Hall–Kier alpha value is -2.53. The van der Waals surface area contributed by atoms with E-state index in [1.54, 1.807) is 24.3 Å². The van der Waals surface area contributed by atoms with Gasteiger partial charge in [0, 0.05) is 12.0 Å². The number of fused-ring (bicyclic) bond motifs is 1. The van der Waals surface area contributed by atoms with E-state index in [1.807, 2.05) is 24.3 Å². The highest BCUT2D eigenvalue weighted by atomic mass is 35.5. The molecule has 2 aliphatic rings. The molecular formula is C23H23ClN4O4S2. The van der Waals surface area contributed by atoms with Crippen molar-refractivity contribution in [1.82, 2.24) is 14.9 Å². The van der Waals surface area contributed by atoms with E-state index >= 15 is 0 Å². The lowest BCUT2D eigenvalue weighted by Gasteiger charge is -2.44. The Morgan fingerprint density at radius 2 is 1.79 bits per heavy atom. The third-order valence-corrected chi connectivity index (χ3v) is 9.24. The van der Waals surface area contributed by atoms with Crippen LogP contribution in [0.15, 0.2) is 52.9 Å². The summed E-state index contributed by atoms with van der Waals surface area (Å²) >= 11 is 6.85. The molecule has 178 valence electrons. The van der Waals surface area contributed by atoms with Crippen molar-refractivity contribution in [3.05, 3.63) is 64.7 Å². The van der Waals surface area contributed by atoms with Crippen molar-refractivity contribution in [3.63, 3.8) is 0 Å². The molecule has 34 heavy (non-hydrogen) atoms. The van der Waals surface area contributed by atoms with Gasteiger partial charge in [0.05, 0.1) is 16.6 Å². The van der Waals surface area contributed by atoms with Gasteiger partial charge in [0.25, 0.3) is 15.9 Å². The van der Waals surface area contributed by atoms with Crippen LogP contribution in [0.1, 0.15) is 60.5 Å². The summed E-state index contributed by atoms with van der Waals surface area (Å²) in [7, 11) is -3.98. The van der Waals surface area contributed by atoms with Crippen LogP contribution in [0.5, 0.6) is 5.75 Å². The zero-order chi connectivity index (χ0) is 23.8. The van der Waals surface area contributed by atoms with Crippen molar-refractivity contribution in [2.24, 2.45) is 0 Å². The van der Waals surface area contributed by atoms with Crippen LogP contribution in [-0.2, 0) is 10.0 Å². The number of nitrogens with zero attached hydrogens (tertiary/aromatic N) is 2. The summed E-state index contributed by atoms with van der Waals surface area (Å²) in [6.07, 6.45) is 5.64. The highest BCUT2D eigenvalue weighted by molar-refractivity contribution is 7.91. The summed E-state index contributed by atoms with van der Waals surface area (Å²) in [5.41, 5.74) is 0.701. The zero-order valence-corrected chi connectivity index (χ0v) is 20.5. The van der Waals surface area contributed by atoms with Crippen LogP contribution in [0.3, 0.4) is 0 Å². The molecule has 8 nitrogen and oxygen atoms in total. The molecule has 2 aromatic carbocycles. The maximum Gasteiger partial charge on any atom is 0.270 e. The number of aromatic nitrogens is 2. The van der Waals surface area contributed by atoms with Gasteiger partial charge < -0.3 is 4.74 Å². The molecule has 2 heterocycles. The normalized spacial score (nSPS) is 19.3. The zero-order valence-electron chi connectivity index (χ0n) is 18.2. The third kappa shape index (κ3) is 4.68. The molecule has 1 amide bonds. The lowest BCUT2D eigenvalue weighted by molar-refractivity contribution is 0.0000717. The topological polar surface area (TPSA) is 110 Å². The standard InChI is InChI=1S/C23H23ClN4O4S2/c24-17-10-4-2-8-15(17)20(29)25-21-26-27-22(33-21)34(30,31)28-18-14-23(12-6-1-7-13-23)32-19-11-5-3-9-16(18)19/h2-5,8-11,18,28H,1,6-7,12-14H2,(H,25,26,29)/t18-/m1/s1. The molecule has 1 aliphatic heterocycles. The van der Waals surface area contributed by atoms with E-state index in [1.165, 1.54) is 0 Å². The highest BCUT2D eigenvalue weighted by Crippen LogP contribution is 2.46. The number of amides is 1. The number of hydrogen-bond donors (Lipinski definition) is 2. The van der Waals surface area contributed by atoms with Crippen LogP contribution >= 0.6 is 22.9 Å². The second kappa shape index (κ2) is 9.26. The van der Waals surface area contributed by atoms with Crippen LogP contribution in [0, 0.1) is 0 Å². The molecule has 5 rings (SSSR count). The van der Waals surface area contributed by atoms with Crippen molar-refractivity contribution in [2.75, 3.05) is 5.32 Å². The van der Waals surface area contributed by atoms with Crippen molar-refractivity contribution < 1.29 is 17.9 Å². The molecule has 1 aliphatic carbocycles. The van der Waals surface area contributed by atoms with Gasteiger partial charge in [-0.2, -0.15) is 0 Å². The summed E-state index contributed by atoms with van der Waals surface area (Å²) in [5.74, 6) is 0.226. The van der Waals surface area contributed by atoms with Gasteiger partial charge in [0.1, 0.15) is 11.4 Å². The maximum atomic E-state index is 13.2. The molecule has 1 atom stereocenters. The third-order valence-electron chi connectivity index (χ3n) is 6.23. The Bertz CT molecular complexity index is 1320. The smallest absolute Gasteiger partial charge is 0.270 e. The van der Waals surface area contributed by atoms with E-state index in [0.717, 1.165) is 49.0 Å². The van der Waals surface area contributed by atoms with E-state index < -0.39 is 22.0 Å². The second-order valence-electron chi connectivity index (χ2n) is 8.57. The molecule has 2 N–H and O–H groups in total. The number of carbonyl (C=O) groups is 1. The molecule has 1 saturated carbocycles. The molecule has 1 aromatic heterocycles. The minimum absolute atomic E-state index is 0.0708. The largest absolute Gasteiger partial charge is 0.487 e. The average molecular weight is 519 g/mol.